The second kappa shape index (κ2) is 9.73. The van der Waals surface area contributed by atoms with Crippen molar-refractivity contribution in [2.75, 3.05) is 25.2 Å². The Kier molecular flexibility index (Phi) is 6.84. The Bertz CT molecular complexity index is 909. The van der Waals surface area contributed by atoms with Crippen molar-refractivity contribution in [1.82, 2.24) is 10.2 Å². The molecule has 28 heavy (non-hydrogen) atoms. The van der Waals surface area contributed by atoms with Crippen LogP contribution < -0.4 is 14.8 Å². The third kappa shape index (κ3) is 5.00. The molecule has 0 saturated carbocycles. The molecule has 6 nitrogen and oxygen atoms in total. The minimum atomic E-state index is -0.419. The van der Waals surface area contributed by atoms with E-state index in [2.05, 4.69) is 22.4 Å². The highest BCUT2D eigenvalue weighted by Crippen LogP contribution is 2.26. The van der Waals surface area contributed by atoms with E-state index in [4.69, 9.17) is 9.47 Å². The van der Waals surface area contributed by atoms with Crippen LogP contribution in [0.2, 0.25) is 0 Å². The first-order valence-corrected chi connectivity index (χ1v) is 9.42. The van der Waals surface area contributed by atoms with Crippen LogP contribution in [0, 0.1) is 0 Å². The summed E-state index contributed by atoms with van der Waals surface area (Å²) in [6, 6.07) is 12.4. The average Bonchev–Trinajstić information content (AvgIpc) is 3.11. The summed E-state index contributed by atoms with van der Waals surface area (Å²) < 4.78 is 23.3. The number of hydrogen-bond donors (Lipinski definition) is 2. The third-order valence-corrected chi connectivity index (χ3v) is 4.20. The van der Waals surface area contributed by atoms with Crippen LogP contribution in [0.25, 0.3) is 10.9 Å². The van der Waals surface area contributed by atoms with Crippen LogP contribution in [0.15, 0.2) is 42.5 Å². The Balaban J connectivity index is 1.67. The van der Waals surface area contributed by atoms with Crippen LogP contribution in [0.5, 0.6) is 11.5 Å². The molecule has 0 saturated heterocycles. The molecule has 0 aliphatic heterocycles. The van der Waals surface area contributed by atoms with Gasteiger partial charge in [0.15, 0.2) is 5.82 Å². The highest BCUT2D eigenvalue weighted by atomic mass is 19.1. The van der Waals surface area contributed by atoms with Crippen LogP contribution >= 0.6 is 0 Å². The van der Waals surface area contributed by atoms with E-state index in [1.165, 1.54) is 0 Å². The van der Waals surface area contributed by atoms with Crippen molar-refractivity contribution in [2.45, 2.75) is 26.2 Å². The lowest BCUT2D eigenvalue weighted by Gasteiger charge is -2.07. The van der Waals surface area contributed by atoms with Crippen LogP contribution in [0.1, 0.15) is 36.5 Å². The Morgan fingerprint density at radius 1 is 1.07 bits per heavy atom. The number of nitrogens with zero attached hydrogens (tertiary/aromatic N) is 1. The van der Waals surface area contributed by atoms with Gasteiger partial charge in [-0.3, -0.25) is 14.3 Å². The number of hydrogen-bond acceptors (Lipinski definition) is 4. The number of benzene rings is 2. The second-order valence-corrected chi connectivity index (χ2v) is 6.35. The number of carbonyl (C=O) groups is 1. The Morgan fingerprint density at radius 2 is 1.79 bits per heavy atom. The number of ether oxygens (including phenoxy) is 2. The van der Waals surface area contributed by atoms with E-state index < -0.39 is 6.67 Å². The largest absolute Gasteiger partial charge is 0.494 e. The topological polar surface area (TPSA) is 76.2 Å². The molecule has 0 bridgehead atoms. The number of alkyl halides is 1. The smallest absolute Gasteiger partial charge is 0.256 e. The standard InChI is InChI=1S/C21H24FN3O3/c1-2-3-12-27-16-7-5-15(6-8-16)21(26)23-20-18-14-17(28-13-4-11-22)9-10-19(18)24-25-20/h5-10,14H,2-4,11-13H2,1H3,(H2,23,24,25,26). The van der Waals surface area contributed by atoms with Crippen molar-refractivity contribution in [1.29, 1.82) is 0 Å². The molecule has 1 amide bonds. The molecule has 0 radical (unpaired) electrons. The van der Waals surface area contributed by atoms with E-state index in [-0.39, 0.29) is 5.91 Å². The summed E-state index contributed by atoms with van der Waals surface area (Å²) in [5.74, 6) is 1.49. The molecule has 0 atom stereocenters. The third-order valence-electron chi connectivity index (χ3n) is 4.20. The SMILES string of the molecule is CCCCOc1ccc(C(=O)Nc2n[nH]c3ccc(OCCCF)cc23)cc1. The van der Waals surface area contributed by atoms with E-state index in [9.17, 15) is 9.18 Å². The highest BCUT2D eigenvalue weighted by molar-refractivity contribution is 6.08. The Labute approximate surface area is 163 Å². The first-order chi connectivity index (χ1) is 13.7. The van der Waals surface area contributed by atoms with Gasteiger partial charge in [-0.1, -0.05) is 13.3 Å². The number of nitrogens with one attached hydrogen (secondary N) is 2. The lowest BCUT2D eigenvalue weighted by Crippen LogP contribution is -2.12. The van der Waals surface area contributed by atoms with Crippen molar-refractivity contribution in [3.05, 3.63) is 48.0 Å². The fraction of sp³-hybridized carbons (Fsp3) is 0.333. The maximum atomic E-state index is 12.5. The van der Waals surface area contributed by atoms with Gasteiger partial charge in [-0.15, -0.1) is 0 Å². The number of anilines is 1. The molecule has 2 N–H and O–H groups in total. The summed E-state index contributed by atoms with van der Waals surface area (Å²) in [4.78, 5) is 12.5. The number of aromatic nitrogens is 2. The molecule has 7 heteroatoms. The molecule has 148 valence electrons. The molecule has 0 fully saturated rings. The van der Waals surface area contributed by atoms with Crippen molar-refractivity contribution in [3.8, 4) is 11.5 Å². The molecule has 0 unspecified atom stereocenters. The molecular weight excluding hydrogens is 361 g/mol. The lowest BCUT2D eigenvalue weighted by atomic mass is 10.2. The summed E-state index contributed by atoms with van der Waals surface area (Å²) in [5.41, 5.74) is 1.28. The van der Waals surface area contributed by atoms with Crippen LogP contribution in [-0.4, -0.2) is 36.0 Å². The monoisotopic (exact) mass is 385 g/mol. The van der Waals surface area contributed by atoms with E-state index in [1.54, 1.807) is 36.4 Å². The second-order valence-electron chi connectivity index (χ2n) is 6.35. The van der Waals surface area contributed by atoms with Gasteiger partial charge >= 0.3 is 0 Å². The summed E-state index contributed by atoms with van der Waals surface area (Å²) >= 11 is 0. The predicted molar refractivity (Wildman–Crippen MR) is 107 cm³/mol. The zero-order valence-electron chi connectivity index (χ0n) is 15.8. The zero-order valence-corrected chi connectivity index (χ0v) is 15.8. The van der Waals surface area contributed by atoms with E-state index in [1.807, 2.05) is 6.07 Å². The predicted octanol–water partition coefficient (Wildman–Crippen LogP) is 4.73. The Hall–Kier alpha value is -3.09. The normalized spacial score (nSPS) is 10.8. The van der Waals surface area contributed by atoms with E-state index >= 15 is 0 Å². The van der Waals surface area contributed by atoms with Gasteiger partial charge < -0.3 is 14.8 Å². The fourth-order valence-electron chi connectivity index (χ4n) is 2.64. The van der Waals surface area contributed by atoms with Gasteiger partial charge in [-0.25, -0.2) is 0 Å². The van der Waals surface area contributed by atoms with Gasteiger partial charge in [0.1, 0.15) is 11.5 Å². The van der Waals surface area contributed by atoms with Crippen LogP contribution in [0.3, 0.4) is 0 Å². The first kappa shape index (κ1) is 19.7. The number of unbranched alkanes of at least 4 members (excludes halogenated alkanes) is 1. The number of aromatic amines is 1. The quantitative estimate of drug-likeness (QED) is 0.495. The van der Waals surface area contributed by atoms with Crippen molar-refractivity contribution in [3.63, 3.8) is 0 Å². The summed E-state index contributed by atoms with van der Waals surface area (Å²) in [5, 5.41) is 10.6. The summed E-state index contributed by atoms with van der Waals surface area (Å²) in [7, 11) is 0. The van der Waals surface area contributed by atoms with Gasteiger partial charge in [0.05, 0.1) is 25.4 Å². The molecular formula is C21H24FN3O3. The lowest BCUT2D eigenvalue weighted by molar-refractivity contribution is 0.102. The number of H-pyrrole nitrogens is 1. The molecule has 2 aromatic carbocycles. The average molecular weight is 385 g/mol. The molecule has 0 aliphatic carbocycles. The van der Waals surface area contributed by atoms with E-state index in [0.717, 1.165) is 29.5 Å². The zero-order chi connectivity index (χ0) is 19.8. The van der Waals surface area contributed by atoms with Crippen molar-refractivity contribution in [2.24, 2.45) is 0 Å². The number of rotatable bonds is 10. The number of amides is 1. The first-order valence-electron chi connectivity index (χ1n) is 9.42. The molecule has 0 spiro atoms. The van der Waals surface area contributed by atoms with Crippen molar-refractivity contribution < 1.29 is 18.7 Å². The van der Waals surface area contributed by atoms with Gasteiger partial charge in [0.2, 0.25) is 0 Å². The number of fused-ring (bicyclic) bond motifs is 1. The van der Waals surface area contributed by atoms with Gasteiger partial charge in [0, 0.05) is 17.4 Å². The highest BCUT2D eigenvalue weighted by Gasteiger charge is 2.12. The van der Waals surface area contributed by atoms with Crippen LogP contribution in [0.4, 0.5) is 10.2 Å². The van der Waals surface area contributed by atoms with E-state index in [0.29, 0.717) is 36.8 Å². The maximum Gasteiger partial charge on any atom is 0.256 e. The van der Waals surface area contributed by atoms with Gasteiger partial charge in [-0.05, 0) is 48.9 Å². The molecule has 0 aliphatic rings. The summed E-state index contributed by atoms with van der Waals surface area (Å²) in [6.45, 7) is 2.65. The number of halogens is 1. The van der Waals surface area contributed by atoms with Crippen LogP contribution in [-0.2, 0) is 0 Å². The molecule has 1 heterocycles. The maximum absolute atomic E-state index is 12.5. The molecule has 1 aromatic heterocycles. The molecule has 3 aromatic rings. The van der Waals surface area contributed by atoms with Crippen molar-refractivity contribution >= 4 is 22.6 Å². The minimum Gasteiger partial charge on any atom is -0.494 e. The number of carbonyl (C=O) groups excluding carboxylic acids is 1. The minimum absolute atomic E-state index is 0.266. The fourth-order valence-corrected chi connectivity index (χ4v) is 2.64. The Morgan fingerprint density at radius 3 is 2.54 bits per heavy atom. The summed E-state index contributed by atoms with van der Waals surface area (Å²) in [6.07, 6.45) is 2.40. The molecule has 3 rings (SSSR count). The van der Waals surface area contributed by atoms with Gasteiger partial charge in [-0.2, -0.15) is 5.10 Å². The van der Waals surface area contributed by atoms with Gasteiger partial charge in [0.25, 0.3) is 5.91 Å².